The Morgan fingerprint density at radius 1 is 1.67 bits per heavy atom. The van der Waals surface area contributed by atoms with Gasteiger partial charge in [0.2, 0.25) is 0 Å². The van der Waals surface area contributed by atoms with E-state index in [1.54, 1.807) is 0 Å². The van der Waals surface area contributed by atoms with Crippen LogP contribution in [0, 0.1) is 11.3 Å². The van der Waals surface area contributed by atoms with Crippen molar-refractivity contribution < 1.29 is 4.74 Å². The molecule has 9 heavy (non-hydrogen) atoms. The molecule has 2 atom stereocenters. The van der Waals surface area contributed by atoms with E-state index in [9.17, 15) is 0 Å². The fourth-order valence-corrected chi connectivity index (χ4v) is 2.67. The van der Waals surface area contributed by atoms with Gasteiger partial charge in [-0.3, -0.25) is 0 Å². The maximum atomic E-state index is 5.33. The highest BCUT2D eigenvalue weighted by molar-refractivity contribution is 9.09. The van der Waals surface area contributed by atoms with Gasteiger partial charge >= 0.3 is 0 Å². The first-order valence-electron chi connectivity index (χ1n) is 3.51. The van der Waals surface area contributed by atoms with Crippen molar-refractivity contribution in [2.75, 3.05) is 18.5 Å². The van der Waals surface area contributed by atoms with Crippen LogP contribution in [0.15, 0.2) is 0 Å². The van der Waals surface area contributed by atoms with Gasteiger partial charge in [-0.25, -0.2) is 0 Å². The third-order valence-electron chi connectivity index (χ3n) is 2.68. The van der Waals surface area contributed by atoms with Crippen LogP contribution in [0.3, 0.4) is 0 Å². The van der Waals surface area contributed by atoms with E-state index in [2.05, 4.69) is 15.9 Å². The van der Waals surface area contributed by atoms with Gasteiger partial charge < -0.3 is 4.74 Å². The van der Waals surface area contributed by atoms with Gasteiger partial charge in [-0.1, -0.05) is 15.9 Å². The van der Waals surface area contributed by atoms with Gasteiger partial charge in [-0.05, 0) is 24.2 Å². The third kappa shape index (κ3) is 0.838. The van der Waals surface area contributed by atoms with Crippen LogP contribution in [0.2, 0.25) is 0 Å². The second-order valence-corrected chi connectivity index (χ2v) is 3.87. The SMILES string of the molecule is BrCC1CC12CCOC2. The molecule has 2 heteroatoms. The Bertz CT molecular complexity index is 118. The summed E-state index contributed by atoms with van der Waals surface area (Å²) >= 11 is 3.51. The summed E-state index contributed by atoms with van der Waals surface area (Å²) in [5, 5.41) is 1.18. The third-order valence-corrected chi connectivity index (χ3v) is 3.46. The summed E-state index contributed by atoms with van der Waals surface area (Å²) < 4.78 is 5.33. The average Bonchev–Trinajstić information content (AvgIpc) is 2.30. The van der Waals surface area contributed by atoms with Crippen LogP contribution >= 0.6 is 15.9 Å². The zero-order valence-corrected chi connectivity index (χ0v) is 6.99. The van der Waals surface area contributed by atoms with Crippen LogP contribution in [0.25, 0.3) is 0 Å². The summed E-state index contributed by atoms with van der Waals surface area (Å²) in [5.41, 5.74) is 0.642. The molecule has 2 unspecified atom stereocenters. The summed E-state index contributed by atoms with van der Waals surface area (Å²) in [7, 11) is 0. The normalized spacial score (nSPS) is 48.3. The number of alkyl halides is 1. The van der Waals surface area contributed by atoms with Crippen molar-refractivity contribution in [2.45, 2.75) is 12.8 Å². The minimum absolute atomic E-state index is 0.642. The monoisotopic (exact) mass is 190 g/mol. The molecule has 1 spiro atoms. The summed E-state index contributed by atoms with van der Waals surface area (Å²) in [5.74, 6) is 0.931. The molecule has 2 aliphatic rings. The van der Waals surface area contributed by atoms with Crippen molar-refractivity contribution in [3.8, 4) is 0 Å². The van der Waals surface area contributed by atoms with E-state index in [1.807, 2.05) is 0 Å². The Labute approximate surface area is 63.9 Å². The molecular weight excluding hydrogens is 180 g/mol. The first-order valence-corrected chi connectivity index (χ1v) is 4.63. The zero-order valence-electron chi connectivity index (χ0n) is 5.40. The van der Waals surface area contributed by atoms with Gasteiger partial charge in [0, 0.05) is 11.9 Å². The Morgan fingerprint density at radius 3 is 3.00 bits per heavy atom. The minimum atomic E-state index is 0.642. The molecular formula is C7H11BrO. The molecule has 1 aliphatic heterocycles. The van der Waals surface area contributed by atoms with Gasteiger partial charge in [0.15, 0.2) is 0 Å². The van der Waals surface area contributed by atoms with Gasteiger partial charge in [-0.15, -0.1) is 0 Å². The van der Waals surface area contributed by atoms with Gasteiger partial charge in [-0.2, -0.15) is 0 Å². The van der Waals surface area contributed by atoms with Crippen molar-refractivity contribution >= 4 is 15.9 Å². The number of rotatable bonds is 1. The Kier molecular flexibility index (Phi) is 1.34. The lowest BCUT2D eigenvalue weighted by atomic mass is 10.0. The number of hydrogen-bond acceptors (Lipinski definition) is 1. The smallest absolute Gasteiger partial charge is 0.0526 e. The van der Waals surface area contributed by atoms with Crippen molar-refractivity contribution in [2.24, 2.45) is 11.3 Å². The molecule has 1 nitrogen and oxygen atoms in total. The molecule has 52 valence electrons. The first kappa shape index (κ1) is 6.17. The average molecular weight is 191 g/mol. The summed E-state index contributed by atoms with van der Waals surface area (Å²) in [6, 6.07) is 0. The molecule has 1 aliphatic carbocycles. The molecule has 1 saturated carbocycles. The Morgan fingerprint density at radius 2 is 2.56 bits per heavy atom. The van der Waals surface area contributed by atoms with Crippen LogP contribution < -0.4 is 0 Å². The van der Waals surface area contributed by atoms with Crippen LogP contribution in [0.5, 0.6) is 0 Å². The minimum Gasteiger partial charge on any atom is -0.381 e. The van der Waals surface area contributed by atoms with E-state index in [-0.39, 0.29) is 0 Å². The summed E-state index contributed by atoms with van der Waals surface area (Å²) in [4.78, 5) is 0. The maximum absolute atomic E-state index is 5.33. The molecule has 2 fully saturated rings. The van der Waals surface area contributed by atoms with Crippen LogP contribution in [-0.2, 0) is 4.74 Å². The molecule has 0 aromatic heterocycles. The second kappa shape index (κ2) is 1.96. The van der Waals surface area contributed by atoms with Crippen LogP contribution in [-0.4, -0.2) is 18.5 Å². The lowest BCUT2D eigenvalue weighted by molar-refractivity contribution is 0.179. The molecule has 0 radical (unpaired) electrons. The molecule has 0 N–H and O–H groups in total. The number of hydrogen-bond donors (Lipinski definition) is 0. The van der Waals surface area contributed by atoms with E-state index in [0.29, 0.717) is 5.41 Å². The summed E-state index contributed by atoms with van der Waals surface area (Å²) in [6.45, 7) is 2.03. The topological polar surface area (TPSA) is 9.23 Å². The molecule has 1 saturated heterocycles. The van der Waals surface area contributed by atoms with Crippen molar-refractivity contribution in [1.82, 2.24) is 0 Å². The predicted octanol–water partition coefficient (Wildman–Crippen LogP) is 1.81. The lowest BCUT2D eigenvalue weighted by Gasteiger charge is -2.01. The van der Waals surface area contributed by atoms with Crippen molar-refractivity contribution in [1.29, 1.82) is 0 Å². The van der Waals surface area contributed by atoms with Crippen molar-refractivity contribution in [3.63, 3.8) is 0 Å². The number of halogens is 1. The van der Waals surface area contributed by atoms with E-state index >= 15 is 0 Å². The zero-order chi connectivity index (χ0) is 6.32. The molecule has 0 amide bonds. The fourth-order valence-electron chi connectivity index (χ4n) is 1.76. The quantitative estimate of drug-likeness (QED) is 0.574. The highest BCUT2D eigenvalue weighted by Crippen LogP contribution is 2.58. The standard InChI is InChI=1S/C7H11BrO/c8-4-6-3-7(6)1-2-9-5-7/h6H,1-5H2. The van der Waals surface area contributed by atoms with Gasteiger partial charge in [0.05, 0.1) is 6.61 Å². The van der Waals surface area contributed by atoms with E-state index in [0.717, 1.165) is 19.1 Å². The van der Waals surface area contributed by atoms with Gasteiger partial charge in [0.25, 0.3) is 0 Å². The van der Waals surface area contributed by atoms with E-state index < -0.39 is 0 Å². The van der Waals surface area contributed by atoms with Gasteiger partial charge in [0.1, 0.15) is 0 Å². The lowest BCUT2D eigenvalue weighted by Crippen LogP contribution is -2.02. The molecule has 0 bridgehead atoms. The molecule has 0 aromatic carbocycles. The molecule has 1 heterocycles. The fraction of sp³-hybridized carbons (Fsp3) is 1.00. The number of ether oxygens (including phenoxy) is 1. The predicted molar refractivity (Wildman–Crippen MR) is 39.8 cm³/mol. The van der Waals surface area contributed by atoms with Crippen molar-refractivity contribution in [3.05, 3.63) is 0 Å². The van der Waals surface area contributed by atoms with Crippen LogP contribution in [0.4, 0.5) is 0 Å². The Hall–Kier alpha value is 0.440. The van der Waals surface area contributed by atoms with E-state index in [4.69, 9.17) is 4.74 Å². The first-order chi connectivity index (χ1) is 4.37. The molecule has 2 rings (SSSR count). The Balaban J connectivity index is 1.97. The molecule has 0 aromatic rings. The highest BCUT2D eigenvalue weighted by atomic mass is 79.9. The highest BCUT2D eigenvalue weighted by Gasteiger charge is 2.55. The maximum Gasteiger partial charge on any atom is 0.0526 e. The summed E-state index contributed by atoms with van der Waals surface area (Å²) in [6.07, 6.45) is 2.71. The van der Waals surface area contributed by atoms with Crippen LogP contribution in [0.1, 0.15) is 12.8 Å². The largest absolute Gasteiger partial charge is 0.381 e. The van der Waals surface area contributed by atoms with E-state index in [1.165, 1.54) is 18.2 Å². The second-order valence-electron chi connectivity index (χ2n) is 3.22.